The summed E-state index contributed by atoms with van der Waals surface area (Å²) in [6.07, 6.45) is 2.09. The molecule has 0 unspecified atom stereocenters. The van der Waals surface area contributed by atoms with Crippen LogP contribution >= 0.6 is 11.3 Å². The van der Waals surface area contributed by atoms with E-state index in [0.29, 0.717) is 36.7 Å². The van der Waals surface area contributed by atoms with Gasteiger partial charge in [0, 0.05) is 51.0 Å². The molecule has 9 heteroatoms. The van der Waals surface area contributed by atoms with Crippen molar-refractivity contribution in [2.75, 3.05) is 49.1 Å². The Morgan fingerprint density at radius 1 is 1.00 bits per heavy atom. The topological polar surface area (TPSA) is 69.9 Å². The second kappa shape index (κ2) is 7.75. The van der Waals surface area contributed by atoms with Gasteiger partial charge in [0.2, 0.25) is 0 Å². The summed E-state index contributed by atoms with van der Waals surface area (Å²) in [7, 11) is 0. The molecule has 0 bridgehead atoms. The number of benzene rings is 1. The second-order valence-electron chi connectivity index (χ2n) is 7.01. The number of hydrogen-bond donors (Lipinski definition) is 0. The lowest BCUT2D eigenvalue weighted by Crippen LogP contribution is -2.48. The molecule has 7 nitrogen and oxygen atoms in total. The minimum Gasteiger partial charge on any atom is -0.368 e. The molecule has 0 saturated carbocycles. The Kier molecular flexibility index (Phi) is 5.17. The molecule has 4 rings (SSSR count). The maximum absolute atomic E-state index is 13.2. The molecule has 2 fully saturated rings. The van der Waals surface area contributed by atoms with Gasteiger partial charge >= 0.3 is 0 Å². The quantitative estimate of drug-likeness (QED) is 0.577. The number of nitro benzene ring substituents is 1. The molecule has 1 amide bonds. The van der Waals surface area contributed by atoms with Gasteiger partial charge in [0.05, 0.1) is 9.80 Å². The number of thiophene rings is 1. The molecule has 28 heavy (non-hydrogen) atoms. The van der Waals surface area contributed by atoms with Crippen LogP contribution in [0.25, 0.3) is 0 Å². The standard InChI is InChI=1S/C19H21FN4O3S/c20-18-6-5-17(28-18)19(25)23-11-9-21(10-12-23)14-3-4-15(24(26)27)16(13-14)22-7-1-2-8-22/h3-6,13H,1-2,7-12H2. The zero-order chi connectivity index (χ0) is 19.7. The molecule has 2 aromatic rings. The third-order valence-corrected chi connectivity index (χ3v) is 6.18. The first kappa shape index (κ1) is 18.7. The van der Waals surface area contributed by atoms with Crippen molar-refractivity contribution in [3.05, 3.63) is 50.5 Å². The van der Waals surface area contributed by atoms with E-state index in [4.69, 9.17) is 0 Å². The van der Waals surface area contributed by atoms with Gasteiger partial charge in [-0.1, -0.05) is 0 Å². The zero-order valence-electron chi connectivity index (χ0n) is 15.3. The van der Waals surface area contributed by atoms with Crippen LogP contribution in [0.3, 0.4) is 0 Å². The van der Waals surface area contributed by atoms with Crippen LogP contribution in [0.4, 0.5) is 21.5 Å². The first-order chi connectivity index (χ1) is 13.5. The number of amides is 1. The number of carbonyl (C=O) groups is 1. The monoisotopic (exact) mass is 404 g/mol. The number of rotatable bonds is 4. The van der Waals surface area contributed by atoms with E-state index in [1.54, 1.807) is 17.0 Å². The lowest BCUT2D eigenvalue weighted by atomic mass is 10.2. The smallest absolute Gasteiger partial charge is 0.292 e. The van der Waals surface area contributed by atoms with Crippen LogP contribution in [-0.4, -0.2) is 55.0 Å². The normalized spacial score (nSPS) is 17.2. The molecule has 2 aliphatic rings. The fourth-order valence-electron chi connectivity index (χ4n) is 3.83. The Bertz CT molecular complexity index is 889. The van der Waals surface area contributed by atoms with Gasteiger partial charge in [-0.05, 0) is 37.1 Å². The second-order valence-corrected chi connectivity index (χ2v) is 8.04. The molecule has 0 aliphatic carbocycles. The van der Waals surface area contributed by atoms with E-state index in [9.17, 15) is 19.3 Å². The summed E-state index contributed by atoms with van der Waals surface area (Å²) in [5.41, 5.74) is 1.74. The molecule has 148 valence electrons. The molecule has 3 heterocycles. The Morgan fingerprint density at radius 2 is 1.71 bits per heavy atom. The highest BCUT2D eigenvalue weighted by Gasteiger charge is 2.26. The summed E-state index contributed by atoms with van der Waals surface area (Å²) in [6, 6.07) is 8.09. The fourth-order valence-corrected chi connectivity index (χ4v) is 4.53. The van der Waals surface area contributed by atoms with Crippen LogP contribution in [0.15, 0.2) is 30.3 Å². The number of nitro groups is 1. The lowest BCUT2D eigenvalue weighted by Gasteiger charge is -2.36. The largest absolute Gasteiger partial charge is 0.368 e. The lowest BCUT2D eigenvalue weighted by molar-refractivity contribution is -0.384. The number of carbonyl (C=O) groups excluding carboxylic acids is 1. The van der Waals surface area contributed by atoms with Gasteiger partial charge in [-0.3, -0.25) is 14.9 Å². The molecule has 0 radical (unpaired) electrons. The highest BCUT2D eigenvalue weighted by atomic mass is 32.1. The summed E-state index contributed by atoms with van der Waals surface area (Å²) in [4.78, 5) is 29.9. The maximum atomic E-state index is 13.2. The van der Waals surface area contributed by atoms with E-state index in [1.807, 2.05) is 6.07 Å². The highest BCUT2D eigenvalue weighted by Crippen LogP contribution is 2.35. The fraction of sp³-hybridized carbons (Fsp3) is 0.421. The predicted octanol–water partition coefficient (Wildman–Crippen LogP) is 3.36. The van der Waals surface area contributed by atoms with E-state index < -0.39 is 0 Å². The SMILES string of the molecule is O=C(c1ccc(F)s1)N1CCN(c2ccc([N+](=O)[O-])c(N3CCCC3)c2)CC1. The Morgan fingerprint density at radius 3 is 2.32 bits per heavy atom. The van der Waals surface area contributed by atoms with Crippen LogP contribution in [0.2, 0.25) is 0 Å². The molecule has 1 aromatic heterocycles. The van der Waals surface area contributed by atoms with Crippen LogP contribution in [0.1, 0.15) is 22.5 Å². The van der Waals surface area contributed by atoms with Crippen molar-refractivity contribution in [1.29, 1.82) is 0 Å². The number of piperazine rings is 1. The van der Waals surface area contributed by atoms with Crippen molar-refractivity contribution in [3.8, 4) is 0 Å². The molecule has 2 saturated heterocycles. The van der Waals surface area contributed by atoms with Crippen molar-refractivity contribution in [1.82, 2.24) is 4.90 Å². The Balaban J connectivity index is 1.47. The number of hydrogen-bond acceptors (Lipinski definition) is 6. The van der Waals surface area contributed by atoms with Crippen LogP contribution in [-0.2, 0) is 0 Å². The minimum atomic E-state index is -0.359. The van der Waals surface area contributed by atoms with Crippen molar-refractivity contribution in [2.45, 2.75) is 12.8 Å². The van der Waals surface area contributed by atoms with Crippen molar-refractivity contribution in [2.24, 2.45) is 0 Å². The van der Waals surface area contributed by atoms with Gasteiger partial charge < -0.3 is 14.7 Å². The first-order valence-corrected chi connectivity index (χ1v) is 10.2. The molecule has 0 N–H and O–H groups in total. The van der Waals surface area contributed by atoms with Crippen molar-refractivity contribution in [3.63, 3.8) is 0 Å². The average Bonchev–Trinajstić information content (AvgIpc) is 3.39. The van der Waals surface area contributed by atoms with Crippen LogP contribution in [0, 0.1) is 15.2 Å². The van der Waals surface area contributed by atoms with Crippen LogP contribution < -0.4 is 9.80 Å². The number of nitrogens with zero attached hydrogens (tertiary/aromatic N) is 4. The molecular formula is C19H21FN4O3S. The summed E-state index contributed by atoms with van der Waals surface area (Å²) >= 11 is 0.866. The van der Waals surface area contributed by atoms with Gasteiger partial charge in [-0.25, -0.2) is 0 Å². The highest BCUT2D eigenvalue weighted by molar-refractivity contribution is 7.12. The van der Waals surface area contributed by atoms with E-state index in [2.05, 4.69) is 9.80 Å². The van der Waals surface area contributed by atoms with Gasteiger partial charge in [-0.15, -0.1) is 11.3 Å². The van der Waals surface area contributed by atoms with Crippen LogP contribution in [0.5, 0.6) is 0 Å². The molecule has 0 spiro atoms. The van der Waals surface area contributed by atoms with Gasteiger partial charge in [-0.2, -0.15) is 4.39 Å². The summed E-state index contributed by atoms with van der Waals surface area (Å²) < 4.78 is 13.2. The molecular weight excluding hydrogens is 383 g/mol. The summed E-state index contributed by atoms with van der Waals surface area (Å²) in [6.45, 7) is 4.02. The van der Waals surface area contributed by atoms with Crippen molar-refractivity contribution >= 4 is 34.3 Å². The molecule has 0 atom stereocenters. The molecule has 1 aromatic carbocycles. The van der Waals surface area contributed by atoms with Crippen molar-refractivity contribution < 1.29 is 14.1 Å². The van der Waals surface area contributed by atoms with E-state index in [1.165, 1.54) is 12.1 Å². The number of anilines is 2. The summed E-state index contributed by atoms with van der Waals surface area (Å²) in [5, 5.41) is 11.1. The molecule has 2 aliphatic heterocycles. The minimum absolute atomic E-state index is 0.138. The maximum Gasteiger partial charge on any atom is 0.292 e. The van der Waals surface area contributed by atoms with Gasteiger partial charge in [0.25, 0.3) is 11.6 Å². The zero-order valence-corrected chi connectivity index (χ0v) is 16.2. The number of halogens is 1. The van der Waals surface area contributed by atoms with E-state index in [-0.39, 0.29) is 21.6 Å². The van der Waals surface area contributed by atoms with Gasteiger partial charge in [0.15, 0.2) is 5.13 Å². The Labute approximate surface area is 166 Å². The predicted molar refractivity (Wildman–Crippen MR) is 107 cm³/mol. The van der Waals surface area contributed by atoms with E-state index >= 15 is 0 Å². The third kappa shape index (κ3) is 3.66. The van der Waals surface area contributed by atoms with E-state index in [0.717, 1.165) is 43.0 Å². The third-order valence-electron chi connectivity index (χ3n) is 5.32. The first-order valence-electron chi connectivity index (χ1n) is 9.36. The average molecular weight is 404 g/mol. The Hall–Kier alpha value is -2.68. The van der Waals surface area contributed by atoms with Gasteiger partial charge in [0.1, 0.15) is 5.69 Å². The summed E-state index contributed by atoms with van der Waals surface area (Å²) in [5.74, 6) is -0.144.